The smallest absolute Gasteiger partial charge is 0.243 e. The van der Waals surface area contributed by atoms with Crippen LogP contribution in [0.4, 0.5) is 10.1 Å². The topological polar surface area (TPSA) is 35.6 Å². The van der Waals surface area contributed by atoms with Crippen molar-refractivity contribution >= 4 is 33.6 Å². The fourth-order valence-electron chi connectivity index (χ4n) is 3.40. The van der Waals surface area contributed by atoms with Crippen molar-refractivity contribution in [1.29, 1.82) is 0 Å². The molecular formula is C23H27BrFN3O. The maximum atomic E-state index is 13.9. The third-order valence-electron chi connectivity index (χ3n) is 5.06. The van der Waals surface area contributed by atoms with Gasteiger partial charge in [-0.3, -0.25) is 9.69 Å². The van der Waals surface area contributed by atoms with Gasteiger partial charge in [-0.25, -0.2) is 4.39 Å². The second kappa shape index (κ2) is 11.1. The fourth-order valence-corrected chi connectivity index (χ4v) is 3.66. The minimum Gasteiger partial charge on any atom is -0.367 e. The molecule has 154 valence electrons. The monoisotopic (exact) mass is 459 g/mol. The van der Waals surface area contributed by atoms with Crippen LogP contribution in [0.25, 0.3) is 6.08 Å². The molecule has 29 heavy (non-hydrogen) atoms. The van der Waals surface area contributed by atoms with Crippen molar-refractivity contribution in [2.24, 2.45) is 0 Å². The number of benzene rings is 2. The summed E-state index contributed by atoms with van der Waals surface area (Å²) in [7, 11) is 0. The number of hydrogen-bond donors (Lipinski definition) is 1. The van der Waals surface area contributed by atoms with Gasteiger partial charge in [-0.15, -0.1) is 0 Å². The molecule has 6 heteroatoms. The zero-order valence-electron chi connectivity index (χ0n) is 16.5. The summed E-state index contributed by atoms with van der Waals surface area (Å²) < 4.78 is 14.9. The number of nitrogens with one attached hydrogen (secondary N) is 1. The molecule has 0 aromatic heterocycles. The number of halogens is 2. The Balaban J connectivity index is 1.28. The summed E-state index contributed by atoms with van der Waals surface area (Å²) in [5.41, 5.74) is 1.70. The molecule has 1 aliphatic rings. The third-order valence-corrected chi connectivity index (χ3v) is 5.59. The van der Waals surface area contributed by atoms with Gasteiger partial charge in [-0.1, -0.05) is 40.2 Å². The number of unbranched alkanes of at least 4 members (excludes halogenated alkanes) is 1. The van der Waals surface area contributed by atoms with E-state index in [1.54, 1.807) is 12.1 Å². The molecule has 1 aliphatic heterocycles. The molecule has 0 bridgehead atoms. The van der Waals surface area contributed by atoms with Crippen LogP contribution in [0.1, 0.15) is 18.4 Å². The van der Waals surface area contributed by atoms with E-state index < -0.39 is 0 Å². The summed E-state index contributed by atoms with van der Waals surface area (Å²) in [6, 6.07) is 14.8. The fraction of sp³-hybridized carbons (Fsp3) is 0.348. The van der Waals surface area contributed by atoms with Gasteiger partial charge >= 0.3 is 0 Å². The number of anilines is 1. The van der Waals surface area contributed by atoms with Gasteiger partial charge in [0.2, 0.25) is 5.91 Å². The largest absolute Gasteiger partial charge is 0.367 e. The van der Waals surface area contributed by atoms with Crippen LogP contribution in [0.15, 0.2) is 59.1 Å². The van der Waals surface area contributed by atoms with Gasteiger partial charge in [0, 0.05) is 43.3 Å². The molecule has 0 unspecified atom stereocenters. The first kappa shape index (κ1) is 21.5. The molecule has 0 saturated carbocycles. The van der Waals surface area contributed by atoms with Crippen LogP contribution in [0.5, 0.6) is 0 Å². The Kier molecular flexibility index (Phi) is 8.25. The quantitative estimate of drug-likeness (QED) is 0.471. The molecule has 1 heterocycles. The number of amides is 1. The van der Waals surface area contributed by atoms with Gasteiger partial charge in [0.05, 0.1) is 5.69 Å². The number of para-hydroxylation sites is 1. The van der Waals surface area contributed by atoms with E-state index in [2.05, 4.69) is 31.0 Å². The maximum Gasteiger partial charge on any atom is 0.243 e. The molecule has 0 radical (unpaired) electrons. The lowest BCUT2D eigenvalue weighted by molar-refractivity contribution is -0.116. The Hall–Kier alpha value is -2.18. The zero-order chi connectivity index (χ0) is 20.5. The lowest BCUT2D eigenvalue weighted by Gasteiger charge is -2.36. The Labute approximate surface area is 180 Å². The minimum atomic E-state index is -0.147. The number of carbonyl (C=O) groups excluding carboxylic acids is 1. The van der Waals surface area contributed by atoms with Crippen LogP contribution in [0.2, 0.25) is 0 Å². The first-order valence-corrected chi connectivity index (χ1v) is 10.8. The van der Waals surface area contributed by atoms with E-state index in [-0.39, 0.29) is 11.7 Å². The Bertz CT molecular complexity index is 817. The van der Waals surface area contributed by atoms with Crippen LogP contribution in [-0.4, -0.2) is 50.1 Å². The highest BCUT2D eigenvalue weighted by atomic mass is 79.9. The molecule has 1 N–H and O–H groups in total. The first-order chi connectivity index (χ1) is 14.1. The van der Waals surface area contributed by atoms with Crippen molar-refractivity contribution in [3.63, 3.8) is 0 Å². The average molecular weight is 460 g/mol. The highest BCUT2D eigenvalue weighted by Crippen LogP contribution is 2.20. The van der Waals surface area contributed by atoms with E-state index in [0.717, 1.165) is 55.6 Å². The van der Waals surface area contributed by atoms with Crippen molar-refractivity contribution in [2.45, 2.75) is 12.8 Å². The van der Waals surface area contributed by atoms with Crippen LogP contribution < -0.4 is 10.2 Å². The molecule has 4 nitrogen and oxygen atoms in total. The third kappa shape index (κ3) is 6.98. The zero-order valence-corrected chi connectivity index (χ0v) is 18.1. The van der Waals surface area contributed by atoms with Gasteiger partial charge in [0.25, 0.3) is 0 Å². The van der Waals surface area contributed by atoms with E-state index >= 15 is 0 Å². The SMILES string of the molecule is O=C(/C=C/c1ccc(Br)cc1)NCCCCN1CCN(c2ccccc2F)CC1. The summed E-state index contributed by atoms with van der Waals surface area (Å²) in [6.45, 7) is 5.26. The normalized spacial score (nSPS) is 15.0. The van der Waals surface area contributed by atoms with Crippen molar-refractivity contribution < 1.29 is 9.18 Å². The van der Waals surface area contributed by atoms with Crippen molar-refractivity contribution in [1.82, 2.24) is 10.2 Å². The number of rotatable bonds is 8. The number of nitrogens with zero attached hydrogens (tertiary/aromatic N) is 2. The van der Waals surface area contributed by atoms with Gasteiger partial charge in [0.15, 0.2) is 0 Å². The van der Waals surface area contributed by atoms with Crippen LogP contribution in [0, 0.1) is 5.82 Å². The molecule has 0 atom stereocenters. The predicted molar refractivity (Wildman–Crippen MR) is 120 cm³/mol. The molecule has 1 fully saturated rings. The van der Waals surface area contributed by atoms with Crippen LogP contribution in [0.3, 0.4) is 0 Å². The van der Waals surface area contributed by atoms with Crippen LogP contribution >= 0.6 is 15.9 Å². The summed E-state index contributed by atoms with van der Waals surface area (Å²) in [4.78, 5) is 16.4. The lowest BCUT2D eigenvalue weighted by atomic mass is 10.2. The predicted octanol–water partition coefficient (Wildman–Crippen LogP) is 4.32. The molecule has 2 aromatic carbocycles. The standard InChI is InChI=1S/C23H27BrFN3O/c24-20-10-7-19(8-11-20)9-12-23(29)26-13-3-4-14-27-15-17-28(18-16-27)22-6-2-1-5-21(22)25/h1-2,5-12H,3-4,13-18H2,(H,26,29)/b12-9+. The van der Waals surface area contributed by atoms with E-state index in [0.29, 0.717) is 12.2 Å². The van der Waals surface area contributed by atoms with Crippen molar-refractivity contribution in [3.8, 4) is 0 Å². The van der Waals surface area contributed by atoms with E-state index in [4.69, 9.17) is 0 Å². The summed E-state index contributed by atoms with van der Waals surface area (Å²) in [5.74, 6) is -0.211. The molecule has 0 aliphatic carbocycles. The van der Waals surface area contributed by atoms with Crippen molar-refractivity contribution in [2.75, 3.05) is 44.2 Å². The molecule has 1 saturated heterocycles. The molecule has 2 aromatic rings. The molecular weight excluding hydrogens is 433 g/mol. The molecule has 3 rings (SSSR count). The minimum absolute atomic E-state index is 0.0635. The number of carbonyl (C=O) groups is 1. The Morgan fingerprint density at radius 2 is 1.76 bits per heavy atom. The number of piperazine rings is 1. The summed E-state index contributed by atoms with van der Waals surface area (Å²) in [5, 5.41) is 2.93. The van der Waals surface area contributed by atoms with Crippen LogP contribution in [-0.2, 0) is 4.79 Å². The Morgan fingerprint density at radius 3 is 2.48 bits per heavy atom. The van der Waals surface area contributed by atoms with Gasteiger partial charge in [-0.05, 0) is 55.3 Å². The highest BCUT2D eigenvalue weighted by molar-refractivity contribution is 9.10. The molecule has 0 spiro atoms. The van der Waals surface area contributed by atoms with E-state index in [1.165, 1.54) is 6.07 Å². The van der Waals surface area contributed by atoms with E-state index in [9.17, 15) is 9.18 Å². The van der Waals surface area contributed by atoms with Gasteiger partial charge < -0.3 is 10.2 Å². The average Bonchev–Trinajstić information content (AvgIpc) is 2.74. The van der Waals surface area contributed by atoms with E-state index in [1.807, 2.05) is 42.5 Å². The second-order valence-corrected chi connectivity index (χ2v) is 8.08. The highest BCUT2D eigenvalue weighted by Gasteiger charge is 2.18. The summed E-state index contributed by atoms with van der Waals surface area (Å²) in [6.07, 6.45) is 5.38. The maximum absolute atomic E-state index is 13.9. The first-order valence-electron chi connectivity index (χ1n) is 10.0. The number of hydrogen-bond acceptors (Lipinski definition) is 3. The van der Waals surface area contributed by atoms with Gasteiger partial charge in [0.1, 0.15) is 5.82 Å². The molecule has 1 amide bonds. The van der Waals surface area contributed by atoms with Gasteiger partial charge in [-0.2, -0.15) is 0 Å². The summed E-state index contributed by atoms with van der Waals surface area (Å²) >= 11 is 3.40. The Morgan fingerprint density at radius 1 is 1.03 bits per heavy atom. The van der Waals surface area contributed by atoms with Crippen molar-refractivity contribution in [3.05, 3.63) is 70.5 Å². The lowest BCUT2D eigenvalue weighted by Crippen LogP contribution is -2.47. The second-order valence-electron chi connectivity index (χ2n) is 7.16.